The molecule has 2 aliphatic rings. The lowest BCUT2D eigenvalue weighted by Crippen LogP contribution is -2.59. The quantitative estimate of drug-likeness (QED) is 0.368. The molecule has 40 heavy (non-hydrogen) atoms. The third-order valence-corrected chi connectivity index (χ3v) is 8.47. The summed E-state index contributed by atoms with van der Waals surface area (Å²) in [4.78, 5) is 39.0. The maximum Gasteiger partial charge on any atom is 0.255 e. The van der Waals surface area contributed by atoms with Crippen molar-refractivity contribution in [1.29, 1.82) is 0 Å². The standard InChI is InChI=1S/C26H27Cl2N5O6S/c1-40(36,37)32-20-8-4-5-9-21(20)33-24(18-11-10-15(27)12-19(18)28)23(16-6-2-3-7-17(16)26(33)35)25(34)31-38-13-22-29-14-39-30-22/h2-3,6-7,10-12,14,20-21,23-24,32H,4-5,8-9,13H2,1H3,(H,31,34)/t20-,21?,23+,24-/m0/s1. The predicted molar refractivity (Wildman–Crippen MR) is 146 cm³/mol. The summed E-state index contributed by atoms with van der Waals surface area (Å²) in [6.45, 7) is -0.144. The topological polar surface area (TPSA) is 144 Å². The van der Waals surface area contributed by atoms with E-state index in [1.165, 1.54) is 0 Å². The minimum Gasteiger partial charge on any atom is -0.343 e. The van der Waals surface area contributed by atoms with Crippen LogP contribution in [0.3, 0.4) is 0 Å². The number of benzene rings is 2. The molecule has 5 rings (SSSR count). The lowest BCUT2D eigenvalue weighted by molar-refractivity contribution is -0.138. The Morgan fingerprint density at radius 3 is 2.65 bits per heavy atom. The fourth-order valence-electron chi connectivity index (χ4n) is 5.62. The SMILES string of the molecule is CS(=O)(=O)N[C@H]1CCCCC1N1C(=O)c2ccccc2[C@@H](C(=O)NOCc2ncon2)[C@@H]1c1ccc(Cl)cc1Cl. The molecular formula is C26H27Cl2N5O6S. The van der Waals surface area contributed by atoms with Gasteiger partial charge in [0.05, 0.1) is 18.2 Å². The normalized spacial score (nSPS) is 23.1. The Balaban J connectivity index is 1.61. The van der Waals surface area contributed by atoms with E-state index in [2.05, 4.69) is 20.3 Å². The van der Waals surface area contributed by atoms with Gasteiger partial charge < -0.3 is 9.42 Å². The molecule has 0 saturated heterocycles. The van der Waals surface area contributed by atoms with Crippen LogP contribution < -0.4 is 10.2 Å². The van der Waals surface area contributed by atoms with E-state index in [9.17, 15) is 18.0 Å². The van der Waals surface area contributed by atoms with Crippen molar-refractivity contribution in [3.05, 3.63) is 81.4 Å². The Morgan fingerprint density at radius 2 is 1.93 bits per heavy atom. The van der Waals surface area contributed by atoms with E-state index in [4.69, 9.17) is 32.6 Å². The molecule has 14 heteroatoms. The third-order valence-electron chi connectivity index (χ3n) is 7.17. The van der Waals surface area contributed by atoms with Gasteiger partial charge in [0.1, 0.15) is 6.61 Å². The Labute approximate surface area is 241 Å². The largest absolute Gasteiger partial charge is 0.343 e. The first kappa shape index (κ1) is 28.5. The van der Waals surface area contributed by atoms with E-state index in [0.717, 1.165) is 25.5 Å². The second-order valence-electron chi connectivity index (χ2n) is 9.84. The summed E-state index contributed by atoms with van der Waals surface area (Å²) in [7, 11) is -3.58. The van der Waals surface area contributed by atoms with Crippen LogP contribution in [0.1, 0.15) is 65.0 Å². The fourth-order valence-corrected chi connectivity index (χ4v) is 6.96. The number of aromatic nitrogens is 2. The summed E-state index contributed by atoms with van der Waals surface area (Å²) in [6.07, 6.45) is 4.88. The van der Waals surface area contributed by atoms with E-state index in [0.29, 0.717) is 34.6 Å². The highest BCUT2D eigenvalue weighted by atomic mass is 35.5. The second-order valence-corrected chi connectivity index (χ2v) is 12.5. The molecule has 0 spiro atoms. The molecule has 1 fully saturated rings. The van der Waals surface area contributed by atoms with Crippen LogP contribution in [0.5, 0.6) is 0 Å². The van der Waals surface area contributed by atoms with Gasteiger partial charge in [0.25, 0.3) is 11.8 Å². The molecule has 2 N–H and O–H groups in total. The first-order valence-corrected chi connectivity index (χ1v) is 15.3. The Bertz CT molecular complexity index is 1500. The van der Waals surface area contributed by atoms with Crippen LogP contribution in [0.2, 0.25) is 10.0 Å². The van der Waals surface area contributed by atoms with E-state index >= 15 is 0 Å². The van der Waals surface area contributed by atoms with Crippen LogP contribution in [0.4, 0.5) is 0 Å². The fraction of sp³-hybridized carbons (Fsp3) is 0.385. The predicted octanol–water partition coefficient (Wildman–Crippen LogP) is 3.77. The van der Waals surface area contributed by atoms with Crippen molar-refractivity contribution >= 4 is 45.0 Å². The number of nitrogens with one attached hydrogen (secondary N) is 2. The first-order chi connectivity index (χ1) is 19.1. The summed E-state index contributed by atoms with van der Waals surface area (Å²) < 4.78 is 32.0. The summed E-state index contributed by atoms with van der Waals surface area (Å²) in [6, 6.07) is 9.74. The molecule has 1 aliphatic carbocycles. The molecule has 2 heterocycles. The van der Waals surface area contributed by atoms with Gasteiger partial charge in [-0.25, -0.2) is 18.6 Å². The molecule has 2 aromatic carbocycles. The Hall–Kier alpha value is -3.03. The van der Waals surface area contributed by atoms with Crippen LogP contribution in [0.15, 0.2) is 53.4 Å². The van der Waals surface area contributed by atoms with Gasteiger partial charge in [0.2, 0.25) is 16.4 Å². The van der Waals surface area contributed by atoms with Crippen molar-refractivity contribution in [3.8, 4) is 0 Å². The molecule has 0 radical (unpaired) electrons. The van der Waals surface area contributed by atoms with Gasteiger partial charge in [-0.2, -0.15) is 4.98 Å². The van der Waals surface area contributed by atoms with E-state index < -0.39 is 40.0 Å². The van der Waals surface area contributed by atoms with Gasteiger partial charge in [-0.15, -0.1) is 0 Å². The summed E-state index contributed by atoms with van der Waals surface area (Å²) >= 11 is 12.9. The third kappa shape index (κ3) is 6.01. The van der Waals surface area contributed by atoms with Crippen molar-refractivity contribution in [1.82, 2.24) is 25.2 Å². The molecule has 1 aliphatic heterocycles. The highest BCUT2D eigenvalue weighted by Crippen LogP contribution is 2.47. The summed E-state index contributed by atoms with van der Waals surface area (Å²) in [5.74, 6) is -1.59. The van der Waals surface area contributed by atoms with Gasteiger partial charge in [-0.1, -0.05) is 65.5 Å². The molecule has 1 aromatic heterocycles. The summed E-state index contributed by atoms with van der Waals surface area (Å²) in [5, 5.41) is 4.32. The van der Waals surface area contributed by atoms with Crippen molar-refractivity contribution in [2.75, 3.05) is 6.26 Å². The van der Waals surface area contributed by atoms with Crippen LogP contribution in [0.25, 0.3) is 0 Å². The number of carbonyl (C=O) groups excluding carboxylic acids is 2. The number of fused-ring (bicyclic) bond motifs is 1. The smallest absolute Gasteiger partial charge is 0.255 e. The number of nitrogens with zero attached hydrogens (tertiary/aromatic N) is 3. The van der Waals surface area contributed by atoms with Gasteiger partial charge >= 0.3 is 0 Å². The average Bonchev–Trinajstić information content (AvgIpc) is 3.42. The summed E-state index contributed by atoms with van der Waals surface area (Å²) in [5.41, 5.74) is 3.80. The molecule has 3 aromatic rings. The average molecular weight is 609 g/mol. The van der Waals surface area contributed by atoms with Crippen molar-refractivity contribution in [3.63, 3.8) is 0 Å². The molecule has 1 saturated carbocycles. The number of sulfonamides is 1. The number of hydrogen-bond donors (Lipinski definition) is 2. The van der Waals surface area contributed by atoms with Crippen LogP contribution in [-0.4, -0.2) is 53.6 Å². The minimum absolute atomic E-state index is 0.144. The van der Waals surface area contributed by atoms with Crippen LogP contribution in [0, 0.1) is 0 Å². The van der Waals surface area contributed by atoms with Crippen molar-refractivity contribution in [2.24, 2.45) is 0 Å². The Morgan fingerprint density at radius 1 is 1.15 bits per heavy atom. The highest BCUT2D eigenvalue weighted by Gasteiger charge is 2.49. The molecule has 11 nitrogen and oxygen atoms in total. The zero-order chi connectivity index (χ0) is 28.4. The van der Waals surface area contributed by atoms with E-state index in [1.54, 1.807) is 47.4 Å². The first-order valence-electron chi connectivity index (χ1n) is 12.6. The molecule has 0 bridgehead atoms. The number of halogens is 2. The number of hydrogen-bond acceptors (Lipinski definition) is 8. The van der Waals surface area contributed by atoms with Crippen LogP contribution >= 0.6 is 23.2 Å². The molecule has 212 valence electrons. The van der Waals surface area contributed by atoms with Crippen LogP contribution in [-0.2, 0) is 26.3 Å². The van der Waals surface area contributed by atoms with Gasteiger partial charge in [0, 0.05) is 27.7 Å². The number of rotatable bonds is 8. The zero-order valence-corrected chi connectivity index (χ0v) is 23.7. The van der Waals surface area contributed by atoms with Crippen molar-refractivity contribution < 1.29 is 27.4 Å². The molecule has 1 unspecified atom stereocenters. The second kappa shape index (κ2) is 11.8. The Kier molecular flexibility index (Phi) is 8.43. The lowest BCUT2D eigenvalue weighted by atomic mass is 9.76. The number of carbonyl (C=O) groups is 2. The molecule has 2 amide bonds. The van der Waals surface area contributed by atoms with Gasteiger partial charge in [-0.05, 0) is 42.2 Å². The van der Waals surface area contributed by atoms with Crippen molar-refractivity contribution in [2.45, 2.75) is 56.3 Å². The number of hydroxylamine groups is 1. The maximum atomic E-state index is 14.2. The van der Waals surface area contributed by atoms with Gasteiger partial charge in [0.15, 0.2) is 5.82 Å². The van der Waals surface area contributed by atoms with E-state index in [-0.39, 0.29) is 23.4 Å². The number of amides is 2. The zero-order valence-electron chi connectivity index (χ0n) is 21.4. The monoisotopic (exact) mass is 607 g/mol. The van der Waals surface area contributed by atoms with Gasteiger partial charge in [-0.3, -0.25) is 14.4 Å². The highest BCUT2D eigenvalue weighted by molar-refractivity contribution is 7.88. The van der Waals surface area contributed by atoms with E-state index in [1.807, 2.05) is 0 Å². The lowest BCUT2D eigenvalue weighted by Gasteiger charge is -2.49. The maximum absolute atomic E-state index is 14.2. The molecule has 4 atom stereocenters. The molecular weight excluding hydrogens is 581 g/mol. The minimum atomic E-state index is -3.58.